The molecule has 0 amide bonds. The lowest BCUT2D eigenvalue weighted by atomic mass is 9.98. The third-order valence-electron chi connectivity index (χ3n) is 5.07. The number of hydrogen-bond acceptors (Lipinski definition) is 6. The highest BCUT2D eigenvalue weighted by atomic mass is 32.2. The third-order valence-corrected chi connectivity index (χ3v) is 6.95. The van der Waals surface area contributed by atoms with E-state index in [1.807, 2.05) is 6.92 Å². The van der Waals surface area contributed by atoms with Crippen LogP contribution in [0.2, 0.25) is 0 Å². The van der Waals surface area contributed by atoms with E-state index < -0.39 is 10.0 Å². The second kappa shape index (κ2) is 8.98. The molecule has 0 aliphatic carbocycles. The summed E-state index contributed by atoms with van der Waals surface area (Å²) >= 11 is 0. The van der Waals surface area contributed by atoms with Gasteiger partial charge in [0.25, 0.3) is 5.56 Å². The van der Waals surface area contributed by atoms with Crippen molar-refractivity contribution in [2.75, 3.05) is 41.4 Å². The number of pyridine rings is 1. The number of sulfonamides is 1. The molecule has 0 unspecified atom stereocenters. The molecular formula is C20H29N3O5S. The van der Waals surface area contributed by atoms with Crippen molar-refractivity contribution in [3.63, 3.8) is 0 Å². The summed E-state index contributed by atoms with van der Waals surface area (Å²) in [6.45, 7) is 4.45. The van der Waals surface area contributed by atoms with Gasteiger partial charge >= 0.3 is 0 Å². The highest BCUT2D eigenvalue weighted by molar-refractivity contribution is 7.89. The van der Waals surface area contributed by atoms with Crippen LogP contribution >= 0.6 is 0 Å². The number of ether oxygens (including phenoxy) is 2. The van der Waals surface area contributed by atoms with Crippen LogP contribution in [0.5, 0.6) is 11.5 Å². The van der Waals surface area contributed by atoms with E-state index in [0.717, 1.165) is 11.1 Å². The Hall–Kier alpha value is -2.36. The van der Waals surface area contributed by atoms with Crippen LogP contribution in [0, 0.1) is 13.8 Å². The molecule has 8 nitrogen and oxygen atoms in total. The lowest BCUT2D eigenvalue weighted by Gasteiger charge is -2.21. The molecule has 0 atom stereocenters. The first-order chi connectivity index (χ1) is 13.6. The van der Waals surface area contributed by atoms with Crippen molar-refractivity contribution >= 4 is 10.0 Å². The van der Waals surface area contributed by atoms with Crippen LogP contribution in [0.1, 0.15) is 11.1 Å². The summed E-state index contributed by atoms with van der Waals surface area (Å²) in [5, 5.41) is 2.94. The van der Waals surface area contributed by atoms with Crippen molar-refractivity contribution in [3.8, 4) is 22.6 Å². The SMILES string of the molecule is CNCCN(C)S(=O)(=O)c1cc(OC)c(-c2cn(C)c(=O)c(C)c2C)cc1OC. The van der Waals surface area contributed by atoms with E-state index in [0.29, 0.717) is 30.0 Å². The predicted molar refractivity (Wildman–Crippen MR) is 113 cm³/mol. The zero-order valence-electron chi connectivity index (χ0n) is 18.0. The average Bonchev–Trinajstić information content (AvgIpc) is 2.71. The van der Waals surface area contributed by atoms with Gasteiger partial charge in [0.15, 0.2) is 0 Å². The number of rotatable bonds is 8. The van der Waals surface area contributed by atoms with E-state index in [4.69, 9.17) is 9.47 Å². The Balaban J connectivity index is 2.74. The molecule has 0 bridgehead atoms. The minimum absolute atomic E-state index is 0.0263. The summed E-state index contributed by atoms with van der Waals surface area (Å²) in [6, 6.07) is 3.11. The highest BCUT2D eigenvalue weighted by Gasteiger charge is 2.27. The Labute approximate surface area is 172 Å². The molecule has 0 aliphatic rings. The van der Waals surface area contributed by atoms with Gasteiger partial charge in [-0.3, -0.25) is 4.79 Å². The molecular weight excluding hydrogens is 394 g/mol. The molecule has 9 heteroatoms. The van der Waals surface area contributed by atoms with Crippen LogP contribution < -0.4 is 20.3 Å². The lowest BCUT2D eigenvalue weighted by molar-refractivity contribution is 0.389. The van der Waals surface area contributed by atoms with Gasteiger partial charge in [0.2, 0.25) is 10.0 Å². The smallest absolute Gasteiger partial charge is 0.253 e. The minimum atomic E-state index is -3.79. The first-order valence-corrected chi connectivity index (χ1v) is 10.6. The van der Waals surface area contributed by atoms with Crippen LogP contribution in [0.3, 0.4) is 0 Å². The Morgan fingerprint density at radius 2 is 1.69 bits per heavy atom. The topological polar surface area (TPSA) is 89.9 Å². The zero-order chi connectivity index (χ0) is 21.9. The summed E-state index contributed by atoms with van der Waals surface area (Å²) in [4.78, 5) is 12.2. The fourth-order valence-electron chi connectivity index (χ4n) is 3.09. The van der Waals surface area contributed by atoms with Crippen LogP contribution in [0.4, 0.5) is 0 Å². The van der Waals surface area contributed by atoms with E-state index >= 15 is 0 Å². The quantitative estimate of drug-likeness (QED) is 0.693. The second-order valence-corrected chi connectivity index (χ2v) is 8.86. The number of benzene rings is 1. The van der Waals surface area contributed by atoms with Gasteiger partial charge in [0, 0.05) is 56.1 Å². The summed E-state index contributed by atoms with van der Waals surface area (Å²) < 4.78 is 39.9. The van der Waals surface area contributed by atoms with Crippen molar-refractivity contribution in [1.29, 1.82) is 0 Å². The molecule has 1 heterocycles. The van der Waals surface area contributed by atoms with E-state index in [1.54, 1.807) is 33.3 Å². The highest BCUT2D eigenvalue weighted by Crippen LogP contribution is 2.40. The second-order valence-electron chi connectivity index (χ2n) is 6.84. The maximum Gasteiger partial charge on any atom is 0.253 e. The molecule has 0 radical (unpaired) electrons. The van der Waals surface area contributed by atoms with Crippen LogP contribution in [0.15, 0.2) is 28.0 Å². The number of hydrogen-bond donors (Lipinski definition) is 1. The fraction of sp³-hybridized carbons (Fsp3) is 0.450. The Morgan fingerprint density at radius 3 is 2.24 bits per heavy atom. The first-order valence-electron chi connectivity index (χ1n) is 9.14. The van der Waals surface area contributed by atoms with E-state index in [9.17, 15) is 13.2 Å². The van der Waals surface area contributed by atoms with Gasteiger partial charge in [-0.1, -0.05) is 0 Å². The summed E-state index contributed by atoms with van der Waals surface area (Å²) in [7, 11) is 4.08. The standard InChI is InChI=1S/C20H29N3O5S/c1-13-14(2)20(24)22(4)12-16(13)15-10-18(28-7)19(11-17(15)27-6)29(25,26)23(5)9-8-21-3/h10-12,21H,8-9H2,1-7H3. The molecule has 1 aromatic heterocycles. The Bertz CT molecular complexity index is 1060. The van der Waals surface area contributed by atoms with Crippen molar-refractivity contribution in [2.24, 2.45) is 7.05 Å². The van der Waals surface area contributed by atoms with E-state index in [2.05, 4.69) is 5.32 Å². The van der Waals surface area contributed by atoms with Crippen LogP contribution in [-0.2, 0) is 17.1 Å². The van der Waals surface area contributed by atoms with E-state index in [-0.39, 0.29) is 16.2 Å². The Morgan fingerprint density at radius 1 is 1.07 bits per heavy atom. The van der Waals surface area contributed by atoms with Crippen molar-refractivity contribution in [2.45, 2.75) is 18.7 Å². The Kier molecular flexibility index (Phi) is 7.10. The summed E-state index contributed by atoms with van der Waals surface area (Å²) in [5.41, 5.74) is 2.76. The molecule has 1 N–H and O–H groups in total. The van der Waals surface area contributed by atoms with Gasteiger partial charge in [-0.05, 0) is 32.5 Å². The fourth-order valence-corrected chi connectivity index (χ4v) is 4.41. The number of aromatic nitrogens is 1. The maximum absolute atomic E-state index is 13.1. The minimum Gasteiger partial charge on any atom is -0.496 e. The summed E-state index contributed by atoms with van der Waals surface area (Å²) in [6.07, 6.45) is 1.72. The number of methoxy groups -OCH3 is 2. The van der Waals surface area contributed by atoms with Gasteiger partial charge in [0.05, 0.1) is 14.2 Å². The normalized spacial score (nSPS) is 11.7. The van der Waals surface area contributed by atoms with Gasteiger partial charge in [-0.15, -0.1) is 0 Å². The molecule has 0 saturated heterocycles. The number of nitrogens with one attached hydrogen (secondary N) is 1. The average molecular weight is 424 g/mol. The zero-order valence-corrected chi connectivity index (χ0v) is 18.8. The molecule has 160 valence electrons. The van der Waals surface area contributed by atoms with Crippen molar-refractivity contribution < 1.29 is 17.9 Å². The lowest BCUT2D eigenvalue weighted by Crippen LogP contribution is -2.33. The number of nitrogens with zero attached hydrogens (tertiary/aromatic N) is 2. The van der Waals surface area contributed by atoms with Crippen LogP contribution in [0.25, 0.3) is 11.1 Å². The predicted octanol–water partition coefficient (Wildman–Crippen LogP) is 1.53. The molecule has 0 aliphatic heterocycles. The molecule has 0 saturated carbocycles. The largest absolute Gasteiger partial charge is 0.496 e. The van der Waals surface area contributed by atoms with Gasteiger partial charge < -0.3 is 19.4 Å². The van der Waals surface area contributed by atoms with Gasteiger partial charge in [-0.25, -0.2) is 8.42 Å². The molecule has 0 spiro atoms. The first kappa shape index (κ1) is 22.9. The molecule has 2 rings (SSSR count). The molecule has 2 aromatic rings. The molecule has 0 fully saturated rings. The van der Waals surface area contributed by atoms with Gasteiger partial charge in [0.1, 0.15) is 16.4 Å². The van der Waals surface area contributed by atoms with Gasteiger partial charge in [-0.2, -0.15) is 4.31 Å². The monoisotopic (exact) mass is 423 g/mol. The van der Waals surface area contributed by atoms with Crippen molar-refractivity contribution in [3.05, 3.63) is 39.8 Å². The van der Waals surface area contributed by atoms with Crippen molar-refractivity contribution in [1.82, 2.24) is 14.2 Å². The van der Waals surface area contributed by atoms with E-state index in [1.165, 1.54) is 36.2 Å². The maximum atomic E-state index is 13.1. The van der Waals surface area contributed by atoms with Crippen LogP contribution in [-0.4, -0.2) is 58.7 Å². The third kappa shape index (κ3) is 4.31. The number of likely N-dealkylation sites (N-methyl/N-ethyl adjacent to an activating group) is 2. The summed E-state index contributed by atoms with van der Waals surface area (Å²) in [5.74, 6) is 0.593. The molecule has 29 heavy (non-hydrogen) atoms. The number of aryl methyl sites for hydroxylation is 1. The molecule has 1 aromatic carbocycles.